The molecule has 2 saturated carbocycles. The molecule has 57 heavy (non-hydrogen) atoms. The van der Waals surface area contributed by atoms with Crippen LogP contribution in [0.5, 0.6) is 0 Å². The van der Waals surface area contributed by atoms with E-state index in [-0.39, 0.29) is 96.7 Å². The van der Waals surface area contributed by atoms with Gasteiger partial charge >= 0.3 is 47.8 Å². The van der Waals surface area contributed by atoms with Crippen molar-refractivity contribution in [1.82, 2.24) is 0 Å². The molecule has 8 rings (SSSR count). The fraction of sp³-hybridized carbons (Fsp3) is 0.600. The smallest absolute Gasteiger partial charge is 0.347 e. The number of carbonyl (C=O) groups excluding carboxylic acids is 8. The summed E-state index contributed by atoms with van der Waals surface area (Å²) in [4.78, 5) is 89.2. The fourth-order valence-corrected chi connectivity index (χ4v) is 7.84. The molecule has 0 radical (unpaired) electrons. The van der Waals surface area contributed by atoms with Crippen molar-refractivity contribution >= 4 is 47.8 Å². The van der Waals surface area contributed by atoms with Crippen molar-refractivity contribution in [1.29, 1.82) is 0 Å². The number of rotatable bonds is 8. The van der Waals surface area contributed by atoms with E-state index in [1.807, 2.05) is 0 Å². The van der Waals surface area contributed by atoms with Crippen LogP contribution in [0, 0.1) is 29.6 Å². The van der Waals surface area contributed by atoms with E-state index in [0.29, 0.717) is 48.7 Å². The quantitative estimate of drug-likeness (QED) is 0.195. The number of ether oxygens (including phenoxy) is 9. The summed E-state index contributed by atoms with van der Waals surface area (Å²) in [7, 11) is 0. The van der Waals surface area contributed by atoms with Crippen LogP contribution in [-0.4, -0.2) is 110 Å². The predicted octanol–water partition coefficient (Wildman–Crippen LogP) is 2.33. The van der Waals surface area contributed by atoms with E-state index in [4.69, 9.17) is 33.2 Å². The Balaban J connectivity index is 0.000000147. The molecule has 8 fully saturated rings. The van der Waals surface area contributed by atoms with Crippen molar-refractivity contribution in [3.05, 3.63) is 48.6 Å². The summed E-state index contributed by atoms with van der Waals surface area (Å²) in [6.45, 7) is 21.1. The molecule has 0 aromatic carbocycles. The van der Waals surface area contributed by atoms with Gasteiger partial charge in [0, 0.05) is 52.9 Å². The number of esters is 8. The zero-order valence-electron chi connectivity index (χ0n) is 32.4. The predicted molar refractivity (Wildman–Crippen MR) is 191 cm³/mol. The number of hydrogen-bond acceptors (Lipinski definition) is 17. The summed E-state index contributed by atoms with van der Waals surface area (Å²) in [5.41, 5.74) is 1.37. The Hall–Kier alpha value is -5.32. The second-order valence-corrected chi connectivity index (χ2v) is 15.3. The normalized spacial score (nSPS) is 33.9. The zero-order chi connectivity index (χ0) is 41.9. The lowest BCUT2D eigenvalue weighted by atomic mass is 9.80. The van der Waals surface area contributed by atoms with E-state index in [1.165, 1.54) is 6.92 Å². The lowest BCUT2D eigenvalue weighted by Gasteiger charge is -2.25. The third-order valence-electron chi connectivity index (χ3n) is 10.7. The molecule has 0 aromatic rings. The molecule has 2 aliphatic carbocycles. The first kappa shape index (κ1) is 42.8. The van der Waals surface area contributed by atoms with Crippen LogP contribution in [0.2, 0.25) is 0 Å². The maximum Gasteiger partial charge on any atom is 0.347 e. The van der Waals surface area contributed by atoms with Crippen molar-refractivity contribution < 1.29 is 81.0 Å². The monoisotopic (exact) mass is 800 g/mol. The van der Waals surface area contributed by atoms with Crippen LogP contribution in [0.3, 0.4) is 0 Å². The van der Waals surface area contributed by atoms with Gasteiger partial charge in [-0.1, -0.05) is 26.3 Å². The number of fused-ring (bicyclic) bond motifs is 6. The Morgan fingerprint density at radius 1 is 0.632 bits per heavy atom. The molecule has 0 spiro atoms. The van der Waals surface area contributed by atoms with Gasteiger partial charge in [-0.15, -0.1) is 0 Å². The summed E-state index contributed by atoms with van der Waals surface area (Å²) >= 11 is 0. The molecule has 17 nitrogen and oxygen atoms in total. The number of carbonyl (C=O) groups is 8. The van der Waals surface area contributed by atoms with Gasteiger partial charge in [0.25, 0.3) is 0 Å². The summed E-state index contributed by atoms with van der Waals surface area (Å²) in [6, 6.07) is 0. The Labute approximate surface area is 328 Å². The minimum atomic E-state index is -0.728. The van der Waals surface area contributed by atoms with E-state index in [0.717, 1.165) is 12.8 Å². The van der Waals surface area contributed by atoms with Gasteiger partial charge in [-0.25, -0.2) is 24.0 Å². The SMILES string of the molecule is C=C(C)C(=O)OC1C2CC3C(=O)OC1C3C2.C=C(C)C(=O)OC1CC2OC1C1C(=O)OCC21.C=C(C)C(=O)OC1CCOC1=O.C=C(C)C(=O)OC1COC(=O)C1. The van der Waals surface area contributed by atoms with Gasteiger partial charge in [-0.05, 0) is 40.5 Å². The first-order chi connectivity index (χ1) is 26.9. The highest BCUT2D eigenvalue weighted by Crippen LogP contribution is 2.55. The molecular formula is C40H48O17. The molecule has 17 heteroatoms. The molecule has 310 valence electrons. The zero-order valence-corrected chi connectivity index (χ0v) is 32.4. The van der Waals surface area contributed by atoms with Crippen molar-refractivity contribution in [3.8, 4) is 0 Å². The summed E-state index contributed by atoms with van der Waals surface area (Å²) in [6.07, 6.45) is 0.743. The fourth-order valence-electron chi connectivity index (χ4n) is 7.84. The van der Waals surface area contributed by atoms with Gasteiger partial charge in [-0.3, -0.25) is 14.4 Å². The second-order valence-electron chi connectivity index (χ2n) is 15.3. The average Bonchev–Trinajstić information content (AvgIpc) is 4.02. The molecule has 6 aliphatic heterocycles. The van der Waals surface area contributed by atoms with Crippen LogP contribution in [0.1, 0.15) is 59.8 Å². The topological polar surface area (TPSA) is 220 Å². The van der Waals surface area contributed by atoms with Crippen LogP contribution in [0.4, 0.5) is 0 Å². The van der Waals surface area contributed by atoms with Crippen LogP contribution in [-0.2, 0) is 81.0 Å². The average molecular weight is 801 g/mol. The minimum absolute atomic E-state index is 0.0145. The van der Waals surface area contributed by atoms with Crippen LogP contribution < -0.4 is 0 Å². The van der Waals surface area contributed by atoms with E-state index in [2.05, 4.69) is 35.8 Å². The van der Waals surface area contributed by atoms with E-state index in [1.54, 1.807) is 20.8 Å². The molecule has 12 unspecified atom stereocenters. The van der Waals surface area contributed by atoms with Gasteiger partial charge in [0.05, 0.1) is 37.6 Å². The van der Waals surface area contributed by atoms with E-state index >= 15 is 0 Å². The van der Waals surface area contributed by atoms with Gasteiger partial charge in [0.15, 0.2) is 0 Å². The summed E-state index contributed by atoms with van der Waals surface area (Å²) < 4.78 is 45.5. The van der Waals surface area contributed by atoms with Crippen molar-refractivity contribution in [2.75, 3.05) is 19.8 Å². The molecule has 12 atom stereocenters. The van der Waals surface area contributed by atoms with E-state index < -0.39 is 36.1 Å². The molecule has 6 heterocycles. The Bertz CT molecular complexity index is 1740. The number of hydrogen-bond donors (Lipinski definition) is 0. The maximum atomic E-state index is 11.6. The third kappa shape index (κ3) is 9.80. The Morgan fingerprint density at radius 3 is 1.82 bits per heavy atom. The van der Waals surface area contributed by atoms with Gasteiger partial charge in [0.1, 0.15) is 37.1 Å². The lowest BCUT2D eigenvalue weighted by Crippen LogP contribution is -2.40. The van der Waals surface area contributed by atoms with Crippen LogP contribution in [0.25, 0.3) is 0 Å². The molecule has 0 aromatic heterocycles. The summed E-state index contributed by atoms with van der Waals surface area (Å²) in [5.74, 6) is -2.40. The first-order valence-electron chi connectivity index (χ1n) is 18.7. The minimum Gasteiger partial charge on any atom is -0.465 e. The molecule has 6 saturated heterocycles. The highest BCUT2D eigenvalue weighted by atomic mass is 16.6. The third-order valence-corrected chi connectivity index (χ3v) is 10.7. The van der Waals surface area contributed by atoms with Crippen LogP contribution in [0.15, 0.2) is 48.6 Å². The maximum absolute atomic E-state index is 11.6. The van der Waals surface area contributed by atoms with E-state index in [9.17, 15) is 38.4 Å². The largest absolute Gasteiger partial charge is 0.465 e. The molecular weight excluding hydrogens is 752 g/mol. The van der Waals surface area contributed by atoms with Gasteiger partial charge in [-0.2, -0.15) is 0 Å². The van der Waals surface area contributed by atoms with Crippen molar-refractivity contribution in [3.63, 3.8) is 0 Å². The Kier molecular flexibility index (Phi) is 13.4. The molecule has 0 amide bonds. The second kappa shape index (κ2) is 17.9. The molecule has 0 N–H and O–H groups in total. The van der Waals surface area contributed by atoms with Crippen molar-refractivity contribution in [2.24, 2.45) is 29.6 Å². The van der Waals surface area contributed by atoms with Crippen LogP contribution >= 0.6 is 0 Å². The molecule has 4 bridgehead atoms. The summed E-state index contributed by atoms with van der Waals surface area (Å²) in [5, 5.41) is 0. The highest BCUT2D eigenvalue weighted by Gasteiger charge is 2.64. The Morgan fingerprint density at radius 2 is 1.25 bits per heavy atom. The standard InChI is InChI=1S/C12H14O5.C12H14O4.2C8H10O4/c1-5(2)11(13)17-8-3-7-6-4-15-12(14)9(6)10(8)16-7;1-5(2)11(13)15-9-6-3-7-8(4-6)12(14)16-10(7)9;1-5(2)8(10)12-6-3-7(9)11-4-6;1-5(2)7(9)12-6-3-4-11-8(6)10/h6-10H,1,3-4H2,2H3;6-10H,1,3-4H2,2H3;2*6H,1,3-4H2,2H3. The highest BCUT2D eigenvalue weighted by molar-refractivity contribution is 5.90. The lowest BCUT2D eigenvalue weighted by molar-refractivity contribution is -0.158. The van der Waals surface area contributed by atoms with Gasteiger partial charge < -0.3 is 42.6 Å². The molecule has 8 aliphatic rings. The number of cyclic esters (lactones) is 3. The van der Waals surface area contributed by atoms with Gasteiger partial charge in [0.2, 0.25) is 6.10 Å². The van der Waals surface area contributed by atoms with Crippen molar-refractivity contribution in [2.45, 2.75) is 103 Å². The first-order valence-corrected chi connectivity index (χ1v) is 18.7.